The van der Waals surface area contributed by atoms with Gasteiger partial charge in [0.25, 0.3) is 5.91 Å². The van der Waals surface area contributed by atoms with Crippen LogP contribution in [-0.4, -0.2) is 35.6 Å². The molecule has 0 aromatic heterocycles. The normalized spacial score (nSPS) is 9.95. The highest BCUT2D eigenvalue weighted by Crippen LogP contribution is 2.12. The van der Waals surface area contributed by atoms with E-state index in [9.17, 15) is 4.79 Å². The third-order valence-electron chi connectivity index (χ3n) is 3.25. The van der Waals surface area contributed by atoms with E-state index in [0.717, 1.165) is 18.4 Å². The number of nitrogens with zero attached hydrogens (tertiary/aromatic N) is 1. The zero-order chi connectivity index (χ0) is 14.3. The van der Waals surface area contributed by atoms with Crippen LogP contribution in [0.1, 0.15) is 42.6 Å². The fourth-order valence-corrected chi connectivity index (χ4v) is 2.04. The Labute approximate surface area is 115 Å². The number of amides is 1. The number of benzene rings is 1. The van der Waals surface area contributed by atoms with Crippen LogP contribution in [0.5, 0.6) is 0 Å². The summed E-state index contributed by atoms with van der Waals surface area (Å²) in [7, 11) is 1.85. The minimum atomic E-state index is -0.155. The molecule has 19 heavy (non-hydrogen) atoms. The molecule has 0 aliphatic heterocycles. The summed E-state index contributed by atoms with van der Waals surface area (Å²) in [6, 6.07) is 7.44. The third-order valence-corrected chi connectivity index (χ3v) is 3.25. The Balaban J connectivity index is 2.83. The number of carbonyl (C=O) groups is 1. The van der Waals surface area contributed by atoms with Gasteiger partial charge in [-0.1, -0.05) is 25.7 Å². The average Bonchev–Trinajstić information content (AvgIpc) is 2.46. The molecule has 0 unspecified atom stereocenters. The predicted octanol–water partition coefficient (Wildman–Crippen LogP) is 2.29. The predicted molar refractivity (Wildman–Crippen MR) is 76.9 cm³/mol. The summed E-state index contributed by atoms with van der Waals surface area (Å²) in [4.78, 5) is 14.1. The molecule has 0 atom stereocenters. The summed E-state index contributed by atoms with van der Waals surface area (Å²) in [5.41, 5.74) is 1.47. The zero-order valence-corrected chi connectivity index (χ0v) is 11.8. The van der Waals surface area contributed by atoms with Gasteiger partial charge in [0.05, 0.1) is 0 Å². The molecule has 0 spiro atoms. The number of hydrogen-bond acceptors (Lipinski definition) is 2. The van der Waals surface area contributed by atoms with Gasteiger partial charge in [0, 0.05) is 24.2 Å². The van der Waals surface area contributed by atoms with Crippen LogP contribution in [0.3, 0.4) is 0 Å². The molecule has 0 bridgehead atoms. The lowest BCUT2D eigenvalue weighted by atomic mass is 10.1. The first kappa shape index (κ1) is 15.3. The van der Waals surface area contributed by atoms with Crippen molar-refractivity contribution in [3.8, 4) is 11.8 Å². The maximum atomic E-state index is 12.3. The van der Waals surface area contributed by atoms with Crippen molar-refractivity contribution in [1.29, 1.82) is 0 Å². The second-order valence-electron chi connectivity index (χ2n) is 4.42. The largest absolute Gasteiger partial charge is 0.384 e. The molecule has 0 radical (unpaired) electrons. The SMILES string of the molecule is CCC(CC)N(C)C(=O)c1ccc(C#CCO)cc1. The van der Waals surface area contributed by atoms with Gasteiger partial charge >= 0.3 is 0 Å². The molecule has 0 aliphatic carbocycles. The fourth-order valence-electron chi connectivity index (χ4n) is 2.04. The molecular formula is C16H21NO2. The molecule has 102 valence electrons. The van der Waals surface area contributed by atoms with Crippen molar-refractivity contribution in [3.63, 3.8) is 0 Å². The number of aliphatic hydroxyl groups is 1. The first-order chi connectivity index (χ1) is 9.13. The molecule has 0 saturated carbocycles. The Morgan fingerprint density at radius 2 is 1.84 bits per heavy atom. The Morgan fingerprint density at radius 1 is 1.26 bits per heavy atom. The standard InChI is InChI=1S/C16H21NO2/c1-4-15(5-2)17(3)16(19)14-10-8-13(9-11-14)7-6-12-18/h8-11,15,18H,4-5,12H2,1-3H3. The van der Waals surface area contributed by atoms with Gasteiger partial charge in [-0.2, -0.15) is 0 Å². The fraction of sp³-hybridized carbons (Fsp3) is 0.438. The van der Waals surface area contributed by atoms with Crippen molar-refractivity contribution in [2.75, 3.05) is 13.7 Å². The topological polar surface area (TPSA) is 40.5 Å². The van der Waals surface area contributed by atoms with Crippen LogP contribution < -0.4 is 0 Å². The second-order valence-corrected chi connectivity index (χ2v) is 4.42. The molecule has 3 heteroatoms. The quantitative estimate of drug-likeness (QED) is 0.843. The highest BCUT2D eigenvalue weighted by atomic mass is 16.2. The van der Waals surface area contributed by atoms with Gasteiger partial charge in [-0.05, 0) is 37.1 Å². The Bertz CT molecular complexity index is 464. The van der Waals surface area contributed by atoms with E-state index in [1.165, 1.54) is 0 Å². The molecule has 0 saturated heterocycles. The van der Waals surface area contributed by atoms with E-state index in [-0.39, 0.29) is 18.6 Å². The smallest absolute Gasteiger partial charge is 0.253 e. The van der Waals surface area contributed by atoms with E-state index in [1.807, 2.05) is 7.05 Å². The summed E-state index contributed by atoms with van der Waals surface area (Å²) >= 11 is 0. The van der Waals surface area contributed by atoms with E-state index in [0.29, 0.717) is 5.56 Å². The Hall–Kier alpha value is -1.79. The van der Waals surface area contributed by atoms with Gasteiger partial charge in [0.1, 0.15) is 6.61 Å². The van der Waals surface area contributed by atoms with Gasteiger partial charge < -0.3 is 10.0 Å². The molecule has 3 nitrogen and oxygen atoms in total. The second kappa shape index (κ2) is 7.60. The van der Waals surface area contributed by atoms with Crippen LogP contribution in [0.4, 0.5) is 0 Å². The maximum absolute atomic E-state index is 12.3. The molecule has 0 heterocycles. The average molecular weight is 259 g/mol. The molecule has 1 aromatic rings. The van der Waals surface area contributed by atoms with Gasteiger partial charge in [0.2, 0.25) is 0 Å². The molecule has 1 aromatic carbocycles. The summed E-state index contributed by atoms with van der Waals surface area (Å²) in [6.45, 7) is 4.02. The zero-order valence-electron chi connectivity index (χ0n) is 11.8. The van der Waals surface area contributed by atoms with Crippen LogP contribution >= 0.6 is 0 Å². The molecule has 1 rings (SSSR count). The Kier molecular flexibility index (Phi) is 6.11. The van der Waals surface area contributed by atoms with Crippen molar-refractivity contribution in [2.24, 2.45) is 0 Å². The lowest BCUT2D eigenvalue weighted by Crippen LogP contribution is -2.36. The highest BCUT2D eigenvalue weighted by molar-refractivity contribution is 5.94. The minimum Gasteiger partial charge on any atom is -0.384 e. The molecule has 0 fully saturated rings. The summed E-state index contributed by atoms with van der Waals surface area (Å²) in [5, 5.41) is 8.62. The van der Waals surface area contributed by atoms with E-state index >= 15 is 0 Å². The monoisotopic (exact) mass is 259 g/mol. The number of hydrogen-bond donors (Lipinski definition) is 1. The molecule has 1 amide bonds. The molecule has 1 N–H and O–H groups in total. The van der Waals surface area contributed by atoms with Crippen molar-refractivity contribution in [2.45, 2.75) is 32.7 Å². The minimum absolute atomic E-state index is 0.0374. The van der Waals surface area contributed by atoms with Crippen LogP contribution in [0.2, 0.25) is 0 Å². The number of carbonyl (C=O) groups excluding carboxylic acids is 1. The summed E-state index contributed by atoms with van der Waals surface area (Å²) in [5.74, 6) is 5.43. The van der Waals surface area contributed by atoms with Gasteiger partial charge in [-0.3, -0.25) is 4.79 Å². The summed E-state index contributed by atoms with van der Waals surface area (Å²) in [6.07, 6.45) is 1.91. The van der Waals surface area contributed by atoms with Gasteiger partial charge in [-0.15, -0.1) is 0 Å². The lowest BCUT2D eigenvalue weighted by Gasteiger charge is -2.26. The van der Waals surface area contributed by atoms with E-state index in [4.69, 9.17) is 5.11 Å². The van der Waals surface area contributed by atoms with E-state index < -0.39 is 0 Å². The van der Waals surface area contributed by atoms with Crippen molar-refractivity contribution < 1.29 is 9.90 Å². The molecular weight excluding hydrogens is 238 g/mol. The first-order valence-corrected chi connectivity index (χ1v) is 6.61. The third kappa shape index (κ3) is 4.11. The summed E-state index contributed by atoms with van der Waals surface area (Å²) < 4.78 is 0. The highest BCUT2D eigenvalue weighted by Gasteiger charge is 2.17. The van der Waals surface area contributed by atoms with Gasteiger partial charge in [0.15, 0.2) is 0 Å². The van der Waals surface area contributed by atoms with Crippen molar-refractivity contribution in [1.82, 2.24) is 4.90 Å². The number of rotatable bonds is 4. The van der Waals surface area contributed by atoms with Crippen molar-refractivity contribution in [3.05, 3.63) is 35.4 Å². The van der Waals surface area contributed by atoms with Crippen LogP contribution in [0, 0.1) is 11.8 Å². The van der Waals surface area contributed by atoms with Crippen molar-refractivity contribution >= 4 is 5.91 Å². The number of aliphatic hydroxyl groups excluding tert-OH is 1. The Morgan fingerprint density at radius 3 is 2.32 bits per heavy atom. The van der Waals surface area contributed by atoms with E-state index in [2.05, 4.69) is 25.7 Å². The van der Waals surface area contributed by atoms with Crippen LogP contribution in [0.15, 0.2) is 24.3 Å². The maximum Gasteiger partial charge on any atom is 0.253 e. The van der Waals surface area contributed by atoms with Gasteiger partial charge in [-0.25, -0.2) is 0 Å². The first-order valence-electron chi connectivity index (χ1n) is 6.61. The van der Waals surface area contributed by atoms with Crippen LogP contribution in [-0.2, 0) is 0 Å². The lowest BCUT2D eigenvalue weighted by molar-refractivity contribution is 0.0723. The van der Waals surface area contributed by atoms with Crippen LogP contribution in [0.25, 0.3) is 0 Å². The van der Waals surface area contributed by atoms with E-state index in [1.54, 1.807) is 29.2 Å². The molecule has 0 aliphatic rings.